The molecule has 1 aliphatic heterocycles. The van der Waals surface area contributed by atoms with Crippen molar-refractivity contribution < 1.29 is 23.9 Å². The third-order valence-electron chi connectivity index (χ3n) is 8.55. The van der Waals surface area contributed by atoms with Crippen molar-refractivity contribution in [3.05, 3.63) is 78.9 Å². The van der Waals surface area contributed by atoms with Gasteiger partial charge in [-0.1, -0.05) is 55.0 Å². The summed E-state index contributed by atoms with van der Waals surface area (Å²) in [7, 11) is 3.58. The topological polar surface area (TPSA) is 103 Å². The third-order valence-corrected chi connectivity index (χ3v) is 8.55. The molecule has 0 atom stereocenters. The van der Waals surface area contributed by atoms with E-state index >= 15 is 0 Å². The van der Waals surface area contributed by atoms with E-state index in [1.54, 1.807) is 7.05 Å². The Kier molecular flexibility index (Phi) is 13.9. The molecule has 1 saturated heterocycles. The first kappa shape index (κ1) is 37.3. The number of hydrogen-bond acceptors (Lipinski definition) is 7. The van der Waals surface area contributed by atoms with Gasteiger partial charge in [0.2, 0.25) is 5.91 Å². The van der Waals surface area contributed by atoms with E-state index in [1.807, 2.05) is 112 Å². The number of ether oxygens (including phenoxy) is 2. The average Bonchev–Trinajstić information content (AvgIpc) is 3.09. The van der Waals surface area contributed by atoms with Crippen LogP contribution in [0.2, 0.25) is 0 Å². The number of rotatable bonds is 14. The molecule has 0 spiro atoms. The van der Waals surface area contributed by atoms with Crippen molar-refractivity contribution in [3.8, 4) is 11.1 Å². The molecule has 0 aromatic heterocycles. The molecule has 0 saturated carbocycles. The number of amides is 3. The van der Waals surface area contributed by atoms with Crippen LogP contribution < -0.4 is 15.5 Å². The average molecular weight is 672 g/mol. The molecule has 264 valence electrons. The molecule has 4 rings (SSSR count). The molecule has 1 heterocycles. The number of likely N-dealkylation sites (N-methyl/N-ethyl adjacent to an activating group) is 1. The number of nitrogens with one attached hydrogen (secondary N) is 2. The van der Waals surface area contributed by atoms with Gasteiger partial charge in [-0.05, 0) is 82.3 Å². The molecule has 1 aliphatic rings. The second-order valence-corrected chi connectivity index (χ2v) is 13.6. The molecule has 10 nitrogen and oxygen atoms in total. The number of para-hydroxylation sites is 1. The molecule has 3 aromatic carbocycles. The summed E-state index contributed by atoms with van der Waals surface area (Å²) in [6.45, 7) is 9.51. The van der Waals surface area contributed by atoms with Crippen LogP contribution in [-0.4, -0.2) is 86.4 Å². The van der Waals surface area contributed by atoms with Crippen molar-refractivity contribution in [1.29, 1.82) is 0 Å². The number of likely N-dealkylation sites (tertiary alicyclic amines) is 1. The van der Waals surface area contributed by atoms with Gasteiger partial charge in [-0.3, -0.25) is 15.0 Å². The summed E-state index contributed by atoms with van der Waals surface area (Å²) in [4.78, 5) is 43.4. The van der Waals surface area contributed by atoms with Gasteiger partial charge < -0.3 is 24.6 Å². The summed E-state index contributed by atoms with van der Waals surface area (Å²) >= 11 is 0. The Labute approximate surface area is 291 Å². The van der Waals surface area contributed by atoms with Crippen molar-refractivity contribution in [1.82, 2.24) is 9.80 Å². The van der Waals surface area contributed by atoms with Crippen LogP contribution in [-0.2, 0) is 14.3 Å². The predicted molar refractivity (Wildman–Crippen MR) is 197 cm³/mol. The van der Waals surface area contributed by atoms with Gasteiger partial charge >= 0.3 is 12.2 Å². The first-order valence-corrected chi connectivity index (χ1v) is 17.4. The number of hydrogen-bond donors (Lipinski definition) is 2. The normalized spacial score (nSPS) is 13.7. The molecule has 2 N–H and O–H groups in total. The van der Waals surface area contributed by atoms with Crippen LogP contribution in [0, 0.1) is 0 Å². The summed E-state index contributed by atoms with van der Waals surface area (Å²) in [6, 6.07) is 25.4. The van der Waals surface area contributed by atoms with Gasteiger partial charge in [-0.2, -0.15) is 0 Å². The van der Waals surface area contributed by atoms with Gasteiger partial charge in [-0.15, -0.1) is 0 Å². The van der Waals surface area contributed by atoms with Gasteiger partial charge in [0.25, 0.3) is 0 Å². The van der Waals surface area contributed by atoms with Crippen LogP contribution in [0.25, 0.3) is 11.1 Å². The quantitative estimate of drug-likeness (QED) is 0.168. The smallest absolute Gasteiger partial charge is 0.414 e. The number of unbranched alkanes of at least 4 members (excludes halogenated alkanes) is 2. The standard InChI is InChI=1S/C39H53N5O5/c1-39(2,3)49-38(47)43(5)32-21-19-31(20-22-32)40-25-13-7-10-18-36(45)42(4)28-29-44-26-23-33(24-27-44)48-37(46)41-35-17-12-11-16-34(35)30-14-8-6-9-15-30/h6,8-9,11-12,14-17,19-22,33,40H,7,10,13,18,23-29H2,1-5H3,(H,41,46). The molecular formula is C39H53N5O5. The minimum absolute atomic E-state index is 0.126. The highest BCUT2D eigenvalue weighted by Gasteiger charge is 2.24. The van der Waals surface area contributed by atoms with E-state index in [9.17, 15) is 14.4 Å². The lowest BCUT2D eigenvalue weighted by molar-refractivity contribution is -0.130. The van der Waals surface area contributed by atoms with Gasteiger partial charge in [0.1, 0.15) is 11.7 Å². The zero-order valence-electron chi connectivity index (χ0n) is 29.7. The van der Waals surface area contributed by atoms with E-state index in [4.69, 9.17) is 9.47 Å². The van der Waals surface area contributed by atoms with Crippen LogP contribution in [0.5, 0.6) is 0 Å². The predicted octanol–water partition coefficient (Wildman–Crippen LogP) is 7.87. The molecule has 10 heteroatoms. The monoisotopic (exact) mass is 671 g/mol. The van der Waals surface area contributed by atoms with Crippen LogP contribution in [0.4, 0.5) is 26.7 Å². The summed E-state index contributed by atoms with van der Waals surface area (Å²) < 4.78 is 11.2. The van der Waals surface area contributed by atoms with E-state index in [2.05, 4.69) is 15.5 Å². The van der Waals surface area contributed by atoms with E-state index in [-0.39, 0.29) is 18.1 Å². The lowest BCUT2D eigenvalue weighted by Gasteiger charge is -2.32. The summed E-state index contributed by atoms with van der Waals surface area (Å²) in [6.07, 6.45) is 3.92. The Balaban J connectivity index is 1.05. The van der Waals surface area contributed by atoms with Crippen molar-refractivity contribution >= 4 is 35.2 Å². The highest BCUT2D eigenvalue weighted by molar-refractivity contribution is 5.91. The fourth-order valence-electron chi connectivity index (χ4n) is 5.66. The number of carbonyl (C=O) groups excluding carboxylic acids is 3. The Hall–Kier alpha value is -4.57. The number of benzene rings is 3. The Morgan fingerprint density at radius 3 is 2.22 bits per heavy atom. The maximum Gasteiger partial charge on any atom is 0.414 e. The Bertz CT molecular complexity index is 1480. The first-order chi connectivity index (χ1) is 23.5. The van der Waals surface area contributed by atoms with Crippen molar-refractivity contribution in [2.75, 3.05) is 62.4 Å². The largest absolute Gasteiger partial charge is 0.446 e. The molecule has 1 fully saturated rings. The number of piperidine rings is 1. The first-order valence-electron chi connectivity index (χ1n) is 17.4. The van der Waals surface area contributed by atoms with Crippen LogP contribution in [0.3, 0.4) is 0 Å². The second kappa shape index (κ2) is 18.3. The molecule has 49 heavy (non-hydrogen) atoms. The van der Waals surface area contributed by atoms with Gasteiger partial charge in [-0.25, -0.2) is 9.59 Å². The summed E-state index contributed by atoms with van der Waals surface area (Å²) in [5, 5.41) is 6.34. The minimum Gasteiger partial charge on any atom is -0.446 e. The lowest BCUT2D eigenvalue weighted by atomic mass is 10.0. The highest BCUT2D eigenvalue weighted by Crippen LogP contribution is 2.28. The summed E-state index contributed by atoms with van der Waals surface area (Å²) in [5.74, 6) is 0.170. The fraction of sp³-hybridized carbons (Fsp3) is 0.462. The molecule has 0 bridgehead atoms. The van der Waals surface area contributed by atoms with Crippen LogP contribution >= 0.6 is 0 Å². The second-order valence-electron chi connectivity index (χ2n) is 13.6. The highest BCUT2D eigenvalue weighted by atomic mass is 16.6. The molecular weight excluding hydrogens is 618 g/mol. The van der Waals surface area contributed by atoms with Crippen molar-refractivity contribution in [3.63, 3.8) is 0 Å². The van der Waals surface area contributed by atoms with Crippen LogP contribution in [0.15, 0.2) is 78.9 Å². The van der Waals surface area contributed by atoms with E-state index in [1.165, 1.54) is 4.90 Å². The molecule has 0 unspecified atom stereocenters. The number of nitrogens with zero attached hydrogens (tertiary/aromatic N) is 3. The Morgan fingerprint density at radius 2 is 1.53 bits per heavy atom. The van der Waals surface area contributed by atoms with Gasteiger partial charge in [0, 0.05) is 70.2 Å². The SMILES string of the molecule is CN(CCN1CCC(OC(=O)Nc2ccccc2-c2ccccc2)CC1)C(=O)CCCCCNc1ccc(N(C)C(=O)OC(C)(C)C)cc1. The number of carbonyl (C=O) groups is 3. The fourth-order valence-corrected chi connectivity index (χ4v) is 5.66. The Morgan fingerprint density at radius 1 is 0.857 bits per heavy atom. The molecule has 3 amide bonds. The minimum atomic E-state index is -0.540. The maximum absolute atomic E-state index is 12.7. The van der Waals surface area contributed by atoms with E-state index < -0.39 is 11.7 Å². The van der Waals surface area contributed by atoms with E-state index in [0.717, 1.165) is 86.5 Å². The number of anilines is 3. The molecule has 0 aliphatic carbocycles. The maximum atomic E-state index is 12.7. The zero-order valence-corrected chi connectivity index (χ0v) is 29.7. The molecule has 0 radical (unpaired) electrons. The van der Waals surface area contributed by atoms with Crippen molar-refractivity contribution in [2.45, 2.75) is 71.0 Å². The van der Waals surface area contributed by atoms with E-state index in [0.29, 0.717) is 13.0 Å². The summed E-state index contributed by atoms with van der Waals surface area (Å²) in [5.41, 5.74) is 3.93. The van der Waals surface area contributed by atoms with Crippen molar-refractivity contribution in [2.24, 2.45) is 0 Å². The van der Waals surface area contributed by atoms with Crippen LogP contribution in [0.1, 0.15) is 59.3 Å². The van der Waals surface area contributed by atoms with Gasteiger partial charge in [0.15, 0.2) is 0 Å². The third kappa shape index (κ3) is 12.4. The lowest BCUT2D eigenvalue weighted by Crippen LogP contribution is -2.42. The zero-order chi connectivity index (χ0) is 35.2. The van der Waals surface area contributed by atoms with Gasteiger partial charge in [0.05, 0.1) is 5.69 Å². The molecule has 3 aromatic rings.